The lowest BCUT2D eigenvalue weighted by atomic mass is 9.99. The summed E-state index contributed by atoms with van der Waals surface area (Å²) in [6.45, 7) is 4.89. The first kappa shape index (κ1) is 13.1. The number of anilines is 2. The van der Waals surface area contributed by atoms with Gasteiger partial charge in [-0.25, -0.2) is 4.98 Å². The van der Waals surface area contributed by atoms with Gasteiger partial charge >= 0.3 is 0 Å². The predicted molar refractivity (Wildman–Crippen MR) is 81.4 cm³/mol. The van der Waals surface area contributed by atoms with Gasteiger partial charge in [-0.3, -0.25) is 0 Å². The Morgan fingerprint density at radius 3 is 2.80 bits per heavy atom. The summed E-state index contributed by atoms with van der Waals surface area (Å²) in [6, 6.07) is 10.6. The third-order valence-corrected chi connectivity index (χ3v) is 3.88. The molecule has 2 aromatic rings. The molecule has 0 amide bonds. The van der Waals surface area contributed by atoms with E-state index in [1.54, 1.807) is 13.1 Å². The van der Waals surface area contributed by atoms with Gasteiger partial charge in [0.1, 0.15) is 5.82 Å². The van der Waals surface area contributed by atoms with Crippen molar-refractivity contribution in [1.82, 2.24) is 4.98 Å². The highest BCUT2D eigenvalue weighted by atomic mass is 16.3. The van der Waals surface area contributed by atoms with Crippen molar-refractivity contribution in [2.24, 2.45) is 0 Å². The van der Waals surface area contributed by atoms with Gasteiger partial charge in [-0.2, -0.15) is 0 Å². The van der Waals surface area contributed by atoms with Gasteiger partial charge in [0, 0.05) is 18.4 Å². The fraction of sp³-hybridized carbons (Fsp3) is 0.353. The molecule has 0 bridgehead atoms. The molecule has 1 aliphatic rings. The summed E-state index contributed by atoms with van der Waals surface area (Å²) in [5.41, 5.74) is 4.83. The Hall–Kier alpha value is -1.87. The highest BCUT2D eigenvalue weighted by molar-refractivity contribution is 5.66. The quantitative estimate of drug-likeness (QED) is 0.905. The maximum Gasteiger partial charge on any atom is 0.132 e. The van der Waals surface area contributed by atoms with E-state index in [9.17, 15) is 5.11 Å². The van der Waals surface area contributed by atoms with Crippen LogP contribution in [0.4, 0.5) is 11.5 Å². The lowest BCUT2D eigenvalue weighted by molar-refractivity contribution is 0.199. The maximum atomic E-state index is 9.56. The average molecular weight is 268 g/mol. The molecule has 3 heteroatoms. The van der Waals surface area contributed by atoms with Gasteiger partial charge in [0.25, 0.3) is 0 Å². The molecule has 1 unspecified atom stereocenters. The van der Waals surface area contributed by atoms with E-state index in [4.69, 9.17) is 0 Å². The Kier molecular flexibility index (Phi) is 3.45. The lowest BCUT2D eigenvalue weighted by Gasteiger charge is -2.30. The molecule has 104 valence electrons. The summed E-state index contributed by atoms with van der Waals surface area (Å²) in [5.74, 6) is 0.958. The van der Waals surface area contributed by atoms with Crippen molar-refractivity contribution in [3.05, 3.63) is 53.2 Å². The van der Waals surface area contributed by atoms with Gasteiger partial charge in [-0.15, -0.1) is 0 Å². The van der Waals surface area contributed by atoms with Crippen LogP contribution in [0.1, 0.15) is 36.1 Å². The van der Waals surface area contributed by atoms with Crippen LogP contribution in [-0.4, -0.2) is 16.6 Å². The number of hydrogen-bond acceptors (Lipinski definition) is 3. The largest absolute Gasteiger partial charge is 0.389 e. The summed E-state index contributed by atoms with van der Waals surface area (Å²) in [5, 5.41) is 9.56. The molecule has 3 rings (SSSR count). The zero-order chi connectivity index (χ0) is 14.1. The maximum absolute atomic E-state index is 9.56. The molecule has 0 fully saturated rings. The fourth-order valence-electron chi connectivity index (χ4n) is 2.77. The number of benzene rings is 1. The second-order valence-electron chi connectivity index (χ2n) is 5.51. The minimum absolute atomic E-state index is 0.465. The van der Waals surface area contributed by atoms with Crippen LogP contribution in [0, 0.1) is 6.92 Å². The number of aliphatic hydroxyl groups excluding tert-OH is 1. The molecule has 1 aromatic heterocycles. The molecular formula is C17H20N2O. The van der Waals surface area contributed by atoms with Gasteiger partial charge < -0.3 is 10.0 Å². The summed E-state index contributed by atoms with van der Waals surface area (Å²) in [6.07, 6.45) is 3.59. The van der Waals surface area contributed by atoms with E-state index in [1.165, 1.54) is 16.8 Å². The lowest BCUT2D eigenvalue weighted by Crippen LogP contribution is -2.25. The smallest absolute Gasteiger partial charge is 0.132 e. The Morgan fingerprint density at radius 1 is 1.25 bits per heavy atom. The molecule has 1 aromatic carbocycles. The second kappa shape index (κ2) is 5.25. The van der Waals surface area contributed by atoms with Crippen LogP contribution in [0.25, 0.3) is 0 Å². The Bertz CT molecular complexity index is 605. The first-order valence-corrected chi connectivity index (χ1v) is 7.16. The second-order valence-corrected chi connectivity index (χ2v) is 5.51. The molecule has 1 aliphatic heterocycles. The minimum Gasteiger partial charge on any atom is -0.389 e. The van der Waals surface area contributed by atoms with Gasteiger partial charge in [0.15, 0.2) is 0 Å². The van der Waals surface area contributed by atoms with Crippen LogP contribution >= 0.6 is 0 Å². The Balaban J connectivity index is 1.96. The third kappa shape index (κ3) is 2.41. The molecule has 0 radical (unpaired) electrons. The summed E-state index contributed by atoms with van der Waals surface area (Å²) >= 11 is 0. The standard InChI is InChI=1S/C17H20N2O/c1-12-5-7-16-14(10-12)4-3-9-19(16)17-8-6-15(11-18-17)13(2)20/h5-8,10-11,13,20H,3-4,9H2,1-2H3. The van der Waals surface area contributed by atoms with Crippen LogP contribution < -0.4 is 4.90 Å². The normalized spacial score (nSPS) is 15.8. The number of nitrogens with zero attached hydrogens (tertiary/aromatic N) is 2. The highest BCUT2D eigenvalue weighted by Crippen LogP contribution is 2.33. The van der Waals surface area contributed by atoms with E-state index in [1.807, 2.05) is 12.1 Å². The number of rotatable bonds is 2. The molecule has 3 nitrogen and oxygen atoms in total. The number of aliphatic hydroxyl groups is 1. The number of aromatic nitrogens is 1. The van der Waals surface area contributed by atoms with Gasteiger partial charge in [0.2, 0.25) is 0 Å². The molecule has 20 heavy (non-hydrogen) atoms. The minimum atomic E-state index is -0.465. The predicted octanol–water partition coefficient (Wildman–Crippen LogP) is 3.53. The van der Waals surface area contributed by atoms with E-state index in [2.05, 4.69) is 35.0 Å². The number of aryl methyl sites for hydroxylation is 2. The van der Waals surface area contributed by atoms with Crippen LogP contribution in [0.15, 0.2) is 36.5 Å². The molecule has 2 heterocycles. The van der Waals surface area contributed by atoms with Gasteiger partial charge in [0.05, 0.1) is 6.10 Å². The molecule has 1 atom stereocenters. The van der Waals surface area contributed by atoms with Crippen molar-refractivity contribution in [3.63, 3.8) is 0 Å². The van der Waals surface area contributed by atoms with E-state index in [-0.39, 0.29) is 0 Å². The van der Waals surface area contributed by atoms with Crippen LogP contribution in [0.3, 0.4) is 0 Å². The van der Waals surface area contributed by atoms with Gasteiger partial charge in [-0.1, -0.05) is 23.8 Å². The monoisotopic (exact) mass is 268 g/mol. The number of fused-ring (bicyclic) bond motifs is 1. The third-order valence-electron chi connectivity index (χ3n) is 3.88. The van der Waals surface area contributed by atoms with Crippen molar-refractivity contribution >= 4 is 11.5 Å². The van der Waals surface area contributed by atoms with E-state index in [0.717, 1.165) is 30.8 Å². The van der Waals surface area contributed by atoms with E-state index >= 15 is 0 Å². The Labute approximate surface area is 119 Å². The first-order chi connectivity index (χ1) is 9.65. The van der Waals surface area contributed by atoms with Crippen LogP contribution in [0.5, 0.6) is 0 Å². The fourth-order valence-corrected chi connectivity index (χ4v) is 2.77. The highest BCUT2D eigenvalue weighted by Gasteiger charge is 2.19. The average Bonchev–Trinajstić information content (AvgIpc) is 2.46. The van der Waals surface area contributed by atoms with Crippen molar-refractivity contribution in [2.75, 3.05) is 11.4 Å². The topological polar surface area (TPSA) is 36.4 Å². The van der Waals surface area contributed by atoms with Gasteiger partial charge in [-0.05, 0) is 49.9 Å². The van der Waals surface area contributed by atoms with Crippen molar-refractivity contribution in [1.29, 1.82) is 0 Å². The molecule has 0 aliphatic carbocycles. The zero-order valence-corrected chi connectivity index (χ0v) is 12.0. The molecule has 1 N–H and O–H groups in total. The SMILES string of the molecule is Cc1ccc2c(c1)CCCN2c1ccc(C(C)O)cn1. The zero-order valence-electron chi connectivity index (χ0n) is 12.0. The van der Waals surface area contributed by atoms with Crippen molar-refractivity contribution in [3.8, 4) is 0 Å². The summed E-state index contributed by atoms with van der Waals surface area (Å²) in [4.78, 5) is 6.78. The first-order valence-electron chi connectivity index (χ1n) is 7.16. The van der Waals surface area contributed by atoms with E-state index < -0.39 is 6.10 Å². The molecule has 0 saturated heterocycles. The Morgan fingerprint density at radius 2 is 2.10 bits per heavy atom. The summed E-state index contributed by atoms with van der Waals surface area (Å²) in [7, 11) is 0. The molecule has 0 saturated carbocycles. The molecule has 0 spiro atoms. The number of pyridine rings is 1. The van der Waals surface area contributed by atoms with Crippen LogP contribution in [-0.2, 0) is 6.42 Å². The van der Waals surface area contributed by atoms with E-state index in [0.29, 0.717) is 0 Å². The molecular weight excluding hydrogens is 248 g/mol. The summed E-state index contributed by atoms with van der Waals surface area (Å²) < 4.78 is 0. The number of hydrogen-bond donors (Lipinski definition) is 1. The van der Waals surface area contributed by atoms with Crippen molar-refractivity contribution in [2.45, 2.75) is 32.8 Å². The van der Waals surface area contributed by atoms with Crippen LogP contribution in [0.2, 0.25) is 0 Å². The van der Waals surface area contributed by atoms with Crippen molar-refractivity contribution < 1.29 is 5.11 Å².